The highest BCUT2D eigenvalue weighted by molar-refractivity contribution is 6.32. The van der Waals surface area contributed by atoms with Crippen molar-refractivity contribution in [3.8, 4) is 17.2 Å². The van der Waals surface area contributed by atoms with Gasteiger partial charge in [-0.2, -0.15) is 13.2 Å². The summed E-state index contributed by atoms with van der Waals surface area (Å²) in [7, 11) is 0. The molecule has 0 radical (unpaired) electrons. The van der Waals surface area contributed by atoms with E-state index >= 15 is 0 Å². The Labute approximate surface area is 217 Å². The lowest BCUT2D eigenvalue weighted by Gasteiger charge is -2.54. The number of alkyl halides is 3. The number of hydrogen-bond donors (Lipinski definition) is 0. The average molecular weight is 532 g/mol. The first kappa shape index (κ1) is 25.4. The molecule has 0 atom stereocenters. The van der Waals surface area contributed by atoms with E-state index in [0.29, 0.717) is 36.6 Å². The number of ether oxygens (including phenoxy) is 2. The van der Waals surface area contributed by atoms with Crippen LogP contribution in [0, 0.1) is 5.41 Å². The number of piperidine rings is 1. The number of carbonyl (C=O) groups is 1. The normalized spacial score (nSPS) is 17.4. The van der Waals surface area contributed by atoms with E-state index in [9.17, 15) is 18.0 Å². The molecular formula is C27H25ClF3N3O3. The number of pyridine rings is 1. The van der Waals surface area contributed by atoms with Gasteiger partial charge in [-0.3, -0.25) is 9.88 Å². The first-order chi connectivity index (χ1) is 17.7. The average Bonchev–Trinajstić information content (AvgIpc) is 2.86. The minimum absolute atomic E-state index is 0.110. The second-order valence-electron chi connectivity index (χ2n) is 9.55. The molecule has 5 rings (SSSR count). The number of aromatic nitrogens is 1. The maximum atomic E-state index is 12.9. The van der Waals surface area contributed by atoms with Gasteiger partial charge in [0.25, 0.3) is 0 Å². The van der Waals surface area contributed by atoms with Gasteiger partial charge in [0.05, 0.1) is 16.8 Å². The van der Waals surface area contributed by atoms with Crippen LogP contribution in [0.25, 0.3) is 0 Å². The van der Waals surface area contributed by atoms with Gasteiger partial charge in [0, 0.05) is 38.9 Å². The molecule has 3 heterocycles. The maximum absolute atomic E-state index is 12.9. The Hall–Kier alpha value is -3.30. The van der Waals surface area contributed by atoms with E-state index in [1.165, 1.54) is 4.90 Å². The predicted molar refractivity (Wildman–Crippen MR) is 132 cm³/mol. The number of rotatable bonds is 5. The molecule has 2 aliphatic heterocycles. The van der Waals surface area contributed by atoms with Crippen molar-refractivity contribution in [1.29, 1.82) is 0 Å². The summed E-state index contributed by atoms with van der Waals surface area (Å²) in [5, 5.41) is 0.592. The third-order valence-electron chi connectivity index (χ3n) is 6.85. The van der Waals surface area contributed by atoms with Crippen molar-refractivity contribution < 1.29 is 27.4 Å². The van der Waals surface area contributed by atoms with Gasteiger partial charge in [0.15, 0.2) is 5.75 Å². The molecule has 0 aliphatic carbocycles. The molecule has 2 aliphatic rings. The maximum Gasteiger partial charge on any atom is 0.418 e. The molecule has 0 bridgehead atoms. The number of hydrogen-bond acceptors (Lipinski definition) is 5. The van der Waals surface area contributed by atoms with Gasteiger partial charge in [0.1, 0.15) is 11.5 Å². The van der Waals surface area contributed by atoms with Crippen LogP contribution in [0.4, 0.5) is 18.0 Å². The highest BCUT2D eigenvalue weighted by atomic mass is 35.5. The third-order valence-corrected chi connectivity index (χ3v) is 7.28. The number of para-hydroxylation sites is 1. The minimum atomic E-state index is -4.55. The number of likely N-dealkylation sites (tertiary alicyclic amines) is 2. The molecule has 1 spiro atoms. The summed E-state index contributed by atoms with van der Waals surface area (Å²) in [6.45, 7) is 3.43. The van der Waals surface area contributed by atoms with Gasteiger partial charge in [-0.15, -0.1) is 0 Å². The van der Waals surface area contributed by atoms with E-state index in [4.69, 9.17) is 21.1 Å². The predicted octanol–water partition coefficient (Wildman–Crippen LogP) is 6.64. The Morgan fingerprint density at radius 3 is 2.43 bits per heavy atom. The van der Waals surface area contributed by atoms with Crippen LogP contribution in [0.15, 0.2) is 67.0 Å². The van der Waals surface area contributed by atoms with Gasteiger partial charge >= 0.3 is 12.3 Å². The van der Waals surface area contributed by atoms with Gasteiger partial charge in [0.2, 0.25) is 0 Å². The third kappa shape index (κ3) is 5.83. The largest absolute Gasteiger partial charge is 0.456 e. The van der Waals surface area contributed by atoms with E-state index in [1.807, 2.05) is 48.5 Å². The van der Waals surface area contributed by atoms with E-state index in [-0.39, 0.29) is 11.2 Å². The van der Waals surface area contributed by atoms with E-state index in [1.54, 1.807) is 0 Å². The van der Waals surface area contributed by atoms with Crippen LogP contribution in [0.2, 0.25) is 5.02 Å². The fraction of sp³-hybridized carbons (Fsp3) is 0.333. The summed E-state index contributed by atoms with van der Waals surface area (Å²) < 4.78 is 49.7. The highest BCUT2D eigenvalue weighted by Gasteiger charge is 2.45. The smallest absolute Gasteiger partial charge is 0.418 e. The molecule has 6 nitrogen and oxygen atoms in total. The van der Waals surface area contributed by atoms with E-state index in [0.717, 1.165) is 49.5 Å². The van der Waals surface area contributed by atoms with Crippen LogP contribution in [-0.2, 0) is 12.7 Å². The second-order valence-corrected chi connectivity index (χ2v) is 9.93. The monoisotopic (exact) mass is 531 g/mol. The number of halogens is 4. The van der Waals surface area contributed by atoms with Gasteiger partial charge in [-0.05, 0) is 48.1 Å². The SMILES string of the molecule is O=C(Oc1cncc(C(F)(F)F)c1)N1CCC2(CC1)CN(Cc1cccc(Oc3ccccc3)c1Cl)C2. The molecular weight excluding hydrogens is 507 g/mol. The highest BCUT2D eigenvalue weighted by Crippen LogP contribution is 2.42. The van der Waals surface area contributed by atoms with Gasteiger partial charge < -0.3 is 14.4 Å². The number of amides is 1. The molecule has 1 amide bonds. The van der Waals surface area contributed by atoms with Crippen LogP contribution in [0.3, 0.4) is 0 Å². The Kier molecular flexibility index (Phi) is 7.00. The number of nitrogens with zero attached hydrogens (tertiary/aromatic N) is 3. The fourth-order valence-corrected chi connectivity index (χ4v) is 5.13. The summed E-state index contributed by atoms with van der Waals surface area (Å²) in [5.74, 6) is 1.12. The summed E-state index contributed by atoms with van der Waals surface area (Å²) >= 11 is 6.64. The Morgan fingerprint density at radius 1 is 1.00 bits per heavy atom. The molecule has 0 N–H and O–H groups in total. The molecule has 0 saturated carbocycles. The molecule has 194 valence electrons. The molecule has 0 unspecified atom stereocenters. The zero-order chi connectivity index (χ0) is 26.0. The zero-order valence-electron chi connectivity index (χ0n) is 19.9. The first-order valence-corrected chi connectivity index (χ1v) is 12.3. The van der Waals surface area contributed by atoms with E-state index in [2.05, 4.69) is 9.88 Å². The van der Waals surface area contributed by atoms with Crippen LogP contribution >= 0.6 is 11.6 Å². The van der Waals surface area contributed by atoms with Crippen molar-refractivity contribution in [2.75, 3.05) is 26.2 Å². The quantitative estimate of drug-likeness (QED) is 0.369. The molecule has 1 aromatic heterocycles. The van der Waals surface area contributed by atoms with Crippen molar-refractivity contribution in [1.82, 2.24) is 14.8 Å². The molecule has 37 heavy (non-hydrogen) atoms. The molecule has 2 saturated heterocycles. The lowest BCUT2D eigenvalue weighted by molar-refractivity contribution is -0.137. The molecule has 2 aromatic carbocycles. The number of benzene rings is 2. The van der Waals surface area contributed by atoms with Crippen molar-refractivity contribution in [3.63, 3.8) is 0 Å². The standard InChI is InChI=1S/C27H25ClF3N3O3/c28-24-19(5-4-8-23(24)36-21-6-2-1-3-7-21)16-33-17-26(18-33)9-11-34(12-10-26)25(35)37-22-13-20(14-32-15-22)27(29,30)31/h1-8,13-15H,9-12,16-18H2. The van der Waals surface area contributed by atoms with Crippen molar-refractivity contribution in [3.05, 3.63) is 83.1 Å². The van der Waals surface area contributed by atoms with Crippen LogP contribution < -0.4 is 9.47 Å². The van der Waals surface area contributed by atoms with Crippen LogP contribution in [0.1, 0.15) is 24.0 Å². The van der Waals surface area contributed by atoms with Crippen molar-refractivity contribution in [2.45, 2.75) is 25.6 Å². The zero-order valence-corrected chi connectivity index (χ0v) is 20.6. The first-order valence-electron chi connectivity index (χ1n) is 11.9. The molecule has 2 fully saturated rings. The Morgan fingerprint density at radius 2 is 1.73 bits per heavy atom. The van der Waals surface area contributed by atoms with E-state index < -0.39 is 17.8 Å². The lowest BCUT2D eigenvalue weighted by Crippen LogP contribution is -2.60. The fourth-order valence-electron chi connectivity index (χ4n) is 4.90. The Bertz CT molecular complexity index is 1260. The second kappa shape index (κ2) is 10.2. The summed E-state index contributed by atoms with van der Waals surface area (Å²) in [6.07, 6.45) is -1.82. The van der Waals surface area contributed by atoms with Crippen LogP contribution in [0.5, 0.6) is 17.2 Å². The summed E-state index contributed by atoms with van der Waals surface area (Å²) in [6, 6.07) is 16.0. The summed E-state index contributed by atoms with van der Waals surface area (Å²) in [5.41, 5.74) is 0.141. The molecule has 10 heteroatoms. The lowest BCUT2D eigenvalue weighted by atomic mass is 9.72. The van der Waals surface area contributed by atoms with Gasteiger partial charge in [-0.25, -0.2) is 4.79 Å². The Balaban J connectivity index is 1.12. The minimum Gasteiger partial charge on any atom is -0.456 e. The summed E-state index contributed by atoms with van der Waals surface area (Å²) in [4.78, 5) is 19.9. The topological polar surface area (TPSA) is 54.9 Å². The number of carbonyl (C=O) groups excluding carboxylic acids is 1. The van der Waals surface area contributed by atoms with Crippen molar-refractivity contribution >= 4 is 17.7 Å². The molecule has 3 aromatic rings. The van der Waals surface area contributed by atoms with Crippen LogP contribution in [-0.4, -0.2) is 47.1 Å². The van der Waals surface area contributed by atoms with Crippen molar-refractivity contribution in [2.24, 2.45) is 5.41 Å². The van der Waals surface area contributed by atoms with Gasteiger partial charge in [-0.1, -0.05) is 41.9 Å².